The summed E-state index contributed by atoms with van der Waals surface area (Å²) in [6.07, 6.45) is 1.83. The van der Waals surface area contributed by atoms with Crippen LogP contribution in [0.15, 0.2) is 60.1 Å². The number of nitrogens with two attached hydrogens (primary N) is 1. The van der Waals surface area contributed by atoms with Gasteiger partial charge in [-0.2, -0.15) is 5.26 Å². The molecule has 0 fully saturated rings. The summed E-state index contributed by atoms with van der Waals surface area (Å²) < 4.78 is 5.74. The molecule has 1 aromatic heterocycles. The number of nitrogens with zero attached hydrogens (tertiary/aromatic N) is 1. The number of nitriles is 1. The Kier molecular flexibility index (Phi) is 2.78. The molecule has 1 aliphatic rings. The largest absolute Gasteiger partial charge is 0.508 e. The lowest BCUT2D eigenvalue weighted by molar-refractivity contribution is 0.398. The molecule has 0 saturated carbocycles. The number of hydrogen-bond donors (Lipinski definition) is 3. The zero-order valence-corrected chi connectivity index (χ0v) is 12.1. The molecule has 0 saturated heterocycles. The molecule has 0 radical (unpaired) electrons. The van der Waals surface area contributed by atoms with Gasteiger partial charge in [0.2, 0.25) is 5.88 Å². The van der Waals surface area contributed by atoms with Crippen LogP contribution >= 0.6 is 0 Å². The van der Waals surface area contributed by atoms with Crippen LogP contribution in [0.2, 0.25) is 0 Å². The van der Waals surface area contributed by atoms with Crippen molar-refractivity contribution in [1.82, 2.24) is 4.98 Å². The van der Waals surface area contributed by atoms with Gasteiger partial charge in [0, 0.05) is 22.7 Å². The van der Waals surface area contributed by atoms with E-state index in [9.17, 15) is 10.4 Å². The van der Waals surface area contributed by atoms with Crippen molar-refractivity contribution in [2.75, 3.05) is 0 Å². The molecular weight excluding hydrogens is 290 g/mol. The van der Waals surface area contributed by atoms with Crippen molar-refractivity contribution in [3.63, 3.8) is 0 Å². The van der Waals surface area contributed by atoms with Gasteiger partial charge in [-0.05, 0) is 29.8 Å². The molecular formula is C18H13N3O2. The van der Waals surface area contributed by atoms with Gasteiger partial charge in [-0.25, -0.2) is 0 Å². The summed E-state index contributed by atoms with van der Waals surface area (Å²) in [6.45, 7) is 0. The number of aromatic amines is 1. The van der Waals surface area contributed by atoms with Gasteiger partial charge < -0.3 is 20.6 Å². The molecule has 3 aromatic rings. The minimum absolute atomic E-state index is 0.0991. The van der Waals surface area contributed by atoms with Crippen molar-refractivity contribution in [2.45, 2.75) is 5.92 Å². The lowest BCUT2D eigenvalue weighted by atomic mass is 9.83. The number of benzene rings is 2. The Morgan fingerprint density at radius 1 is 1.22 bits per heavy atom. The van der Waals surface area contributed by atoms with E-state index in [4.69, 9.17) is 10.5 Å². The topological polar surface area (TPSA) is 95.1 Å². The van der Waals surface area contributed by atoms with Crippen molar-refractivity contribution in [3.8, 4) is 17.6 Å². The lowest BCUT2D eigenvalue weighted by Crippen LogP contribution is -2.21. The SMILES string of the molecule is N#CC1=C(N)Oc2c(ccc3[nH]ccc23)[C@H]1c1cccc(O)c1. The highest BCUT2D eigenvalue weighted by atomic mass is 16.5. The highest BCUT2D eigenvalue weighted by Crippen LogP contribution is 2.45. The molecule has 4 N–H and O–H groups in total. The summed E-state index contributed by atoms with van der Waals surface area (Å²) in [5, 5.41) is 20.2. The first kappa shape index (κ1) is 13.3. The molecule has 1 atom stereocenters. The normalized spacial score (nSPS) is 16.7. The van der Waals surface area contributed by atoms with Crippen LogP contribution in [0, 0.1) is 11.3 Å². The van der Waals surface area contributed by atoms with Crippen LogP contribution in [0.5, 0.6) is 11.5 Å². The molecule has 1 aliphatic heterocycles. The average molecular weight is 303 g/mol. The Morgan fingerprint density at radius 2 is 2.09 bits per heavy atom. The lowest BCUT2D eigenvalue weighted by Gasteiger charge is -2.27. The van der Waals surface area contributed by atoms with E-state index in [1.165, 1.54) is 0 Å². The number of H-pyrrole nitrogens is 1. The molecule has 0 bridgehead atoms. The molecule has 0 unspecified atom stereocenters. The van der Waals surface area contributed by atoms with Crippen LogP contribution in [0.1, 0.15) is 17.0 Å². The summed E-state index contributed by atoms with van der Waals surface area (Å²) in [6, 6.07) is 14.8. The van der Waals surface area contributed by atoms with Crippen LogP contribution < -0.4 is 10.5 Å². The summed E-state index contributed by atoms with van der Waals surface area (Å²) in [5.74, 6) is 0.528. The molecule has 2 aromatic carbocycles. The van der Waals surface area contributed by atoms with Crippen LogP contribution in [0.3, 0.4) is 0 Å². The van der Waals surface area contributed by atoms with Gasteiger partial charge in [0.25, 0.3) is 0 Å². The Hall–Kier alpha value is -3.39. The van der Waals surface area contributed by atoms with Gasteiger partial charge in [-0.1, -0.05) is 18.2 Å². The molecule has 2 heterocycles. The number of fused-ring (bicyclic) bond motifs is 3. The number of aromatic nitrogens is 1. The standard InChI is InChI=1S/C18H13N3O2/c19-9-14-16(10-2-1-3-11(22)8-10)13-4-5-15-12(6-7-21-15)17(13)23-18(14)20/h1-8,16,21-22H,20H2/t16-/m1/s1. The fraction of sp³-hybridized carbons (Fsp3) is 0.0556. The predicted octanol–water partition coefficient (Wildman–Crippen LogP) is 3.09. The Labute approximate surface area is 132 Å². The van der Waals surface area contributed by atoms with E-state index in [2.05, 4.69) is 11.1 Å². The highest BCUT2D eigenvalue weighted by molar-refractivity contribution is 5.88. The third-order valence-electron chi connectivity index (χ3n) is 4.12. The maximum atomic E-state index is 9.79. The third-order valence-corrected chi connectivity index (χ3v) is 4.12. The minimum Gasteiger partial charge on any atom is -0.508 e. The maximum Gasteiger partial charge on any atom is 0.205 e. The smallest absolute Gasteiger partial charge is 0.205 e. The molecule has 0 aliphatic carbocycles. The van der Waals surface area contributed by atoms with E-state index in [1.54, 1.807) is 18.2 Å². The second-order valence-electron chi connectivity index (χ2n) is 5.44. The summed E-state index contributed by atoms with van der Waals surface area (Å²) in [4.78, 5) is 3.13. The number of ether oxygens (including phenoxy) is 1. The monoisotopic (exact) mass is 303 g/mol. The van der Waals surface area contributed by atoms with Gasteiger partial charge in [0.1, 0.15) is 23.1 Å². The van der Waals surface area contributed by atoms with E-state index < -0.39 is 0 Å². The molecule has 5 nitrogen and oxygen atoms in total. The van der Waals surface area contributed by atoms with E-state index in [0.717, 1.165) is 22.0 Å². The zero-order chi connectivity index (χ0) is 16.0. The Morgan fingerprint density at radius 3 is 2.87 bits per heavy atom. The van der Waals surface area contributed by atoms with Crippen molar-refractivity contribution in [2.24, 2.45) is 5.73 Å². The number of phenols is 1. The average Bonchev–Trinajstić information content (AvgIpc) is 3.02. The molecule has 0 spiro atoms. The first-order chi connectivity index (χ1) is 11.2. The van der Waals surface area contributed by atoms with E-state index in [-0.39, 0.29) is 17.6 Å². The maximum absolute atomic E-state index is 9.79. The van der Waals surface area contributed by atoms with E-state index in [0.29, 0.717) is 11.3 Å². The molecule has 23 heavy (non-hydrogen) atoms. The summed E-state index contributed by atoms with van der Waals surface area (Å²) in [7, 11) is 0. The van der Waals surface area contributed by atoms with Gasteiger partial charge >= 0.3 is 0 Å². The number of allylic oxidation sites excluding steroid dienone is 1. The summed E-state index contributed by atoms with van der Waals surface area (Å²) >= 11 is 0. The predicted molar refractivity (Wildman–Crippen MR) is 85.7 cm³/mol. The fourth-order valence-electron chi connectivity index (χ4n) is 3.10. The van der Waals surface area contributed by atoms with Gasteiger partial charge in [-0.3, -0.25) is 0 Å². The van der Waals surface area contributed by atoms with Gasteiger partial charge in [0.15, 0.2) is 0 Å². The number of phenolic OH excluding ortho intramolecular Hbond substituents is 1. The second-order valence-corrected chi connectivity index (χ2v) is 5.44. The summed E-state index contributed by atoms with van der Waals surface area (Å²) in [5.41, 5.74) is 8.92. The number of rotatable bonds is 1. The zero-order valence-electron chi connectivity index (χ0n) is 12.1. The van der Waals surface area contributed by atoms with Crippen molar-refractivity contribution in [3.05, 3.63) is 71.2 Å². The van der Waals surface area contributed by atoms with Crippen LogP contribution in [0.25, 0.3) is 10.9 Å². The van der Waals surface area contributed by atoms with Crippen LogP contribution in [0.4, 0.5) is 0 Å². The minimum atomic E-state index is -0.366. The van der Waals surface area contributed by atoms with Gasteiger partial charge in [0.05, 0.1) is 5.92 Å². The second kappa shape index (κ2) is 4.82. The number of nitrogens with one attached hydrogen (secondary N) is 1. The number of aromatic hydroxyl groups is 1. The molecule has 4 rings (SSSR count). The van der Waals surface area contributed by atoms with Crippen LogP contribution in [-0.2, 0) is 0 Å². The van der Waals surface area contributed by atoms with E-state index >= 15 is 0 Å². The van der Waals surface area contributed by atoms with Crippen LogP contribution in [-0.4, -0.2) is 10.1 Å². The quantitative estimate of drug-likeness (QED) is 0.643. The van der Waals surface area contributed by atoms with Crippen molar-refractivity contribution in [1.29, 1.82) is 5.26 Å². The Balaban J connectivity index is 2.02. The van der Waals surface area contributed by atoms with Crippen molar-refractivity contribution < 1.29 is 9.84 Å². The first-order valence-corrected chi connectivity index (χ1v) is 7.15. The van der Waals surface area contributed by atoms with Gasteiger partial charge in [-0.15, -0.1) is 0 Å². The Bertz CT molecular complexity index is 995. The van der Waals surface area contributed by atoms with E-state index in [1.807, 2.05) is 30.5 Å². The number of hydrogen-bond acceptors (Lipinski definition) is 4. The third kappa shape index (κ3) is 1.93. The molecule has 112 valence electrons. The molecule has 0 amide bonds. The van der Waals surface area contributed by atoms with Crippen molar-refractivity contribution >= 4 is 10.9 Å². The molecule has 5 heteroatoms. The highest BCUT2D eigenvalue weighted by Gasteiger charge is 2.31. The first-order valence-electron chi connectivity index (χ1n) is 7.15. The fourth-order valence-corrected chi connectivity index (χ4v) is 3.10.